The minimum atomic E-state index is -0.958. The van der Waals surface area contributed by atoms with Crippen LogP contribution in [0.25, 0.3) is 0 Å². The molecule has 0 bridgehead atoms. The Kier molecular flexibility index (Phi) is 6.18. The van der Waals surface area contributed by atoms with Crippen molar-refractivity contribution < 1.29 is 4.52 Å². The van der Waals surface area contributed by atoms with Gasteiger partial charge in [0.25, 0.3) is 0 Å². The summed E-state index contributed by atoms with van der Waals surface area (Å²) >= 11 is 0. The van der Waals surface area contributed by atoms with E-state index in [0.29, 0.717) is 0 Å². The fourth-order valence-corrected chi connectivity index (χ4v) is 4.41. The summed E-state index contributed by atoms with van der Waals surface area (Å²) in [5, 5.41) is 0. The molecule has 68 valence electrons. The van der Waals surface area contributed by atoms with Crippen LogP contribution in [0.5, 0.6) is 0 Å². The normalized spacial score (nSPS) is 12.0. The van der Waals surface area contributed by atoms with E-state index in [9.17, 15) is 0 Å². The van der Waals surface area contributed by atoms with Gasteiger partial charge in [0, 0.05) is 0 Å². The van der Waals surface area contributed by atoms with Crippen LogP contribution in [0.15, 0.2) is 0 Å². The maximum atomic E-state index is 5.88. The van der Waals surface area contributed by atoms with Crippen LogP contribution in [0.1, 0.15) is 34.1 Å². The highest BCUT2D eigenvalue weighted by Crippen LogP contribution is 2.59. The van der Waals surface area contributed by atoms with Crippen molar-refractivity contribution in [3.8, 4) is 0 Å². The lowest BCUT2D eigenvalue weighted by Crippen LogP contribution is -2.07. The Bertz CT molecular complexity index is 81.6. The fraction of sp³-hybridized carbons (Fsp3) is 1.00. The predicted molar refractivity (Wildman–Crippen MR) is 54.8 cm³/mol. The molecule has 1 nitrogen and oxygen atoms in total. The molecule has 0 amide bonds. The third-order valence-electron chi connectivity index (χ3n) is 2.19. The molecule has 2 heteroatoms. The minimum Gasteiger partial charge on any atom is -0.239 e. The molecule has 0 aliphatic heterocycles. The van der Waals surface area contributed by atoms with Gasteiger partial charge in [-0.1, -0.05) is 6.92 Å². The van der Waals surface area contributed by atoms with E-state index in [0.717, 1.165) is 6.61 Å². The molecule has 0 heterocycles. The van der Waals surface area contributed by atoms with Crippen LogP contribution in [0.4, 0.5) is 0 Å². The molecule has 0 saturated heterocycles. The molecule has 0 fully saturated rings. The first kappa shape index (κ1) is 11.4. The van der Waals surface area contributed by atoms with Crippen molar-refractivity contribution in [3.63, 3.8) is 0 Å². The summed E-state index contributed by atoms with van der Waals surface area (Å²) in [5.74, 6) is 0. The van der Waals surface area contributed by atoms with Crippen molar-refractivity contribution in [2.24, 2.45) is 0 Å². The Hall–Kier alpha value is 0.390. The van der Waals surface area contributed by atoms with Crippen molar-refractivity contribution in [1.82, 2.24) is 0 Å². The van der Waals surface area contributed by atoms with Crippen LogP contribution < -0.4 is 0 Å². The second-order valence-corrected chi connectivity index (χ2v) is 6.92. The Balaban J connectivity index is 3.96. The Labute approximate surface area is 71.9 Å². The quantitative estimate of drug-likeness (QED) is 0.565. The maximum absolute atomic E-state index is 5.88. The largest absolute Gasteiger partial charge is 0.239 e. The highest BCUT2D eigenvalue weighted by molar-refractivity contribution is 7.71. The summed E-state index contributed by atoms with van der Waals surface area (Å²) in [7, 11) is -0.958. The predicted octanol–water partition coefficient (Wildman–Crippen LogP) is 3.41. The van der Waals surface area contributed by atoms with Crippen LogP contribution in [0, 0.1) is 0 Å². The van der Waals surface area contributed by atoms with Crippen LogP contribution in [-0.2, 0) is 4.52 Å². The smallest absolute Gasteiger partial charge is 0.145 e. The second kappa shape index (κ2) is 5.97. The highest BCUT2D eigenvalue weighted by atomic mass is 31.2. The lowest BCUT2D eigenvalue weighted by Gasteiger charge is -2.22. The third kappa shape index (κ3) is 3.53. The topological polar surface area (TPSA) is 9.23 Å². The van der Waals surface area contributed by atoms with Gasteiger partial charge < -0.3 is 0 Å². The minimum absolute atomic E-state index is 0.898. The van der Waals surface area contributed by atoms with Crippen LogP contribution >= 0.6 is 7.49 Å². The lowest BCUT2D eigenvalue weighted by molar-refractivity contribution is 0.364. The summed E-state index contributed by atoms with van der Waals surface area (Å²) < 4.78 is 5.88. The molecule has 0 aromatic heterocycles. The molecule has 0 atom stereocenters. The average molecular weight is 177 g/mol. The molecule has 0 rings (SSSR count). The summed E-state index contributed by atoms with van der Waals surface area (Å²) in [5.41, 5.74) is 0. The molecule has 0 aliphatic carbocycles. The van der Waals surface area contributed by atoms with Gasteiger partial charge in [-0.05, 0) is 27.2 Å². The zero-order chi connectivity index (χ0) is 8.74. The van der Waals surface area contributed by atoms with Gasteiger partial charge in [0.1, 0.15) is 7.49 Å². The van der Waals surface area contributed by atoms with E-state index in [1.165, 1.54) is 24.9 Å². The molecule has 0 N–H and O–H groups in total. The number of rotatable bonds is 6. The van der Waals surface area contributed by atoms with Crippen molar-refractivity contribution in [2.45, 2.75) is 34.1 Å². The summed E-state index contributed by atoms with van der Waals surface area (Å²) in [6.07, 6.45) is 5.10. The van der Waals surface area contributed by atoms with E-state index in [1.54, 1.807) is 0 Å². The fourth-order valence-electron chi connectivity index (χ4n) is 1.47. The Morgan fingerprint density at radius 2 is 1.55 bits per heavy atom. The molecule has 0 unspecified atom stereocenters. The van der Waals surface area contributed by atoms with Crippen LogP contribution in [0.3, 0.4) is 0 Å². The molecule has 0 aromatic rings. The van der Waals surface area contributed by atoms with Gasteiger partial charge in [-0.25, -0.2) is 4.52 Å². The van der Waals surface area contributed by atoms with Crippen molar-refractivity contribution in [2.75, 3.05) is 25.1 Å². The van der Waals surface area contributed by atoms with Gasteiger partial charge in [-0.2, -0.15) is 0 Å². The Morgan fingerprint density at radius 3 is 1.82 bits per heavy atom. The molecular formula is C9H22OP+. The van der Waals surface area contributed by atoms with Gasteiger partial charge in [0.2, 0.25) is 0 Å². The van der Waals surface area contributed by atoms with E-state index >= 15 is 0 Å². The van der Waals surface area contributed by atoms with Crippen molar-refractivity contribution >= 4 is 7.49 Å². The monoisotopic (exact) mass is 177 g/mol. The number of hydrogen-bond acceptors (Lipinski definition) is 1. The molecule has 0 saturated carbocycles. The zero-order valence-corrected chi connectivity index (χ0v) is 9.29. The molecule has 0 aliphatic rings. The average Bonchev–Trinajstić information content (AvgIpc) is 2.04. The lowest BCUT2D eigenvalue weighted by atomic mass is 10.6. The van der Waals surface area contributed by atoms with Gasteiger partial charge in [0.05, 0.1) is 25.1 Å². The summed E-state index contributed by atoms with van der Waals surface area (Å²) in [4.78, 5) is 0. The molecule has 0 spiro atoms. The SMILES string of the molecule is CCC[P+](CC)(CC)OCC. The van der Waals surface area contributed by atoms with Crippen LogP contribution in [-0.4, -0.2) is 25.1 Å². The Morgan fingerprint density at radius 1 is 1.00 bits per heavy atom. The van der Waals surface area contributed by atoms with Gasteiger partial charge in [0.15, 0.2) is 0 Å². The van der Waals surface area contributed by atoms with E-state index in [-0.39, 0.29) is 0 Å². The van der Waals surface area contributed by atoms with Crippen molar-refractivity contribution in [3.05, 3.63) is 0 Å². The van der Waals surface area contributed by atoms with E-state index in [2.05, 4.69) is 27.7 Å². The second-order valence-electron chi connectivity index (χ2n) is 2.83. The highest BCUT2D eigenvalue weighted by Gasteiger charge is 2.33. The maximum Gasteiger partial charge on any atom is 0.145 e. The van der Waals surface area contributed by atoms with Gasteiger partial charge in [-0.3, -0.25) is 0 Å². The standard InChI is InChI=1S/C9H22OP/c1-5-9-11(7-3,8-4)10-6-2/h5-9H2,1-4H3/q+1. The first-order valence-electron chi connectivity index (χ1n) is 4.75. The van der Waals surface area contributed by atoms with Crippen LogP contribution in [0.2, 0.25) is 0 Å². The first-order valence-corrected chi connectivity index (χ1v) is 7.01. The van der Waals surface area contributed by atoms with Gasteiger partial charge >= 0.3 is 0 Å². The van der Waals surface area contributed by atoms with E-state index in [1.807, 2.05) is 0 Å². The summed E-state index contributed by atoms with van der Waals surface area (Å²) in [6.45, 7) is 9.79. The first-order chi connectivity index (χ1) is 5.24. The number of hydrogen-bond donors (Lipinski definition) is 0. The molecule has 0 radical (unpaired) electrons. The molecular weight excluding hydrogens is 155 g/mol. The van der Waals surface area contributed by atoms with E-state index < -0.39 is 7.49 Å². The third-order valence-corrected chi connectivity index (χ3v) is 6.56. The zero-order valence-electron chi connectivity index (χ0n) is 8.39. The summed E-state index contributed by atoms with van der Waals surface area (Å²) in [6, 6.07) is 0. The van der Waals surface area contributed by atoms with Crippen molar-refractivity contribution in [1.29, 1.82) is 0 Å². The van der Waals surface area contributed by atoms with E-state index in [4.69, 9.17) is 4.52 Å². The molecule has 11 heavy (non-hydrogen) atoms. The van der Waals surface area contributed by atoms with Gasteiger partial charge in [-0.15, -0.1) is 0 Å². The molecule has 0 aromatic carbocycles.